The van der Waals surface area contributed by atoms with Gasteiger partial charge in [-0.1, -0.05) is 18.2 Å². The van der Waals surface area contributed by atoms with Gasteiger partial charge in [0, 0.05) is 0 Å². The van der Waals surface area contributed by atoms with Crippen LogP contribution in [0.2, 0.25) is 0 Å². The first kappa shape index (κ1) is 12.6. The minimum atomic E-state index is -1.11. The smallest absolute Gasteiger partial charge is 0.340 e. The molecule has 2 N–H and O–H groups in total. The number of hydrogen-bond acceptors (Lipinski definition) is 6. The summed E-state index contributed by atoms with van der Waals surface area (Å²) in [5, 5.41) is 19.5. The summed E-state index contributed by atoms with van der Waals surface area (Å²) in [5.41, 5.74) is 0.372. The fourth-order valence-corrected chi connectivity index (χ4v) is 2.31. The van der Waals surface area contributed by atoms with Crippen LogP contribution in [0, 0.1) is 0 Å². The molecule has 5 atom stereocenters. The average Bonchev–Trinajstić information content (AvgIpc) is 2.93. The third-order valence-corrected chi connectivity index (χ3v) is 3.30. The number of benzene rings is 1. The summed E-state index contributed by atoms with van der Waals surface area (Å²) in [7, 11) is 0. The molecule has 0 amide bonds. The van der Waals surface area contributed by atoms with E-state index in [9.17, 15) is 15.0 Å². The third kappa shape index (κ3) is 2.23. The lowest BCUT2D eigenvalue weighted by atomic mass is 10.1. The van der Waals surface area contributed by atoms with Crippen molar-refractivity contribution < 1.29 is 29.2 Å². The predicted molar refractivity (Wildman–Crippen MR) is 62.3 cm³/mol. The van der Waals surface area contributed by atoms with Crippen molar-refractivity contribution in [1.82, 2.24) is 0 Å². The van der Waals surface area contributed by atoms with Crippen LogP contribution in [0.5, 0.6) is 0 Å². The summed E-state index contributed by atoms with van der Waals surface area (Å²) < 4.78 is 15.6. The van der Waals surface area contributed by atoms with Gasteiger partial charge in [-0.05, 0) is 12.1 Å². The van der Waals surface area contributed by atoms with Gasteiger partial charge in [-0.2, -0.15) is 0 Å². The number of fused-ring (bicyclic) bond motifs is 1. The Kier molecular flexibility index (Phi) is 3.24. The van der Waals surface area contributed by atoms with Gasteiger partial charge in [0.25, 0.3) is 0 Å². The van der Waals surface area contributed by atoms with E-state index in [1.807, 2.05) is 0 Å². The summed E-state index contributed by atoms with van der Waals surface area (Å²) in [6.45, 7) is 0.117. The second kappa shape index (κ2) is 4.90. The molecule has 0 spiro atoms. The number of hydrogen-bond donors (Lipinski definition) is 2. The van der Waals surface area contributed by atoms with Crippen molar-refractivity contribution in [3.63, 3.8) is 0 Å². The van der Waals surface area contributed by atoms with Crippen LogP contribution in [-0.4, -0.2) is 53.5 Å². The van der Waals surface area contributed by atoms with Crippen LogP contribution in [0.1, 0.15) is 10.4 Å². The molecular formula is C13H14O6. The Morgan fingerprint density at radius 3 is 2.63 bits per heavy atom. The summed E-state index contributed by atoms with van der Waals surface area (Å²) in [5.74, 6) is -0.584. The molecule has 2 aliphatic heterocycles. The van der Waals surface area contributed by atoms with Crippen molar-refractivity contribution in [3.05, 3.63) is 35.9 Å². The largest absolute Gasteiger partial charge is 0.429 e. The fourth-order valence-electron chi connectivity index (χ4n) is 2.31. The minimum absolute atomic E-state index is 0.117. The summed E-state index contributed by atoms with van der Waals surface area (Å²) in [6, 6.07) is 8.42. The summed E-state index contributed by atoms with van der Waals surface area (Å²) in [4.78, 5) is 11.8. The molecule has 2 saturated heterocycles. The molecule has 2 fully saturated rings. The first-order chi connectivity index (χ1) is 9.16. The SMILES string of the molecule is O=C(OC1O[C@H]2[C@@H](OC[C@H]2O)[C@H]1O)c1ccccc1. The van der Waals surface area contributed by atoms with Gasteiger partial charge < -0.3 is 24.4 Å². The van der Waals surface area contributed by atoms with Crippen LogP contribution in [0.4, 0.5) is 0 Å². The van der Waals surface area contributed by atoms with E-state index >= 15 is 0 Å². The van der Waals surface area contributed by atoms with E-state index in [-0.39, 0.29) is 6.61 Å². The van der Waals surface area contributed by atoms with Crippen molar-refractivity contribution in [1.29, 1.82) is 0 Å². The molecule has 1 aromatic rings. The van der Waals surface area contributed by atoms with E-state index in [2.05, 4.69) is 0 Å². The molecule has 1 unspecified atom stereocenters. The zero-order valence-corrected chi connectivity index (χ0v) is 10.0. The van der Waals surface area contributed by atoms with Crippen molar-refractivity contribution in [3.8, 4) is 0 Å². The van der Waals surface area contributed by atoms with Gasteiger partial charge in [0.1, 0.15) is 24.4 Å². The van der Waals surface area contributed by atoms with Gasteiger partial charge in [0.05, 0.1) is 12.2 Å². The zero-order chi connectivity index (χ0) is 13.4. The van der Waals surface area contributed by atoms with E-state index in [1.165, 1.54) is 0 Å². The second-order valence-corrected chi connectivity index (χ2v) is 4.60. The van der Waals surface area contributed by atoms with E-state index in [4.69, 9.17) is 14.2 Å². The highest BCUT2D eigenvalue weighted by Gasteiger charge is 2.53. The van der Waals surface area contributed by atoms with Gasteiger partial charge >= 0.3 is 5.97 Å². The van der Waals surface area contributed by atoms with E-state index in [0.717, 1.165) is 0 Å². The van der Waals surface area contributed by atoms with Crippen molar-refractivity contribution >= 4 is 5.97 Å². The Morgan fingerprint density at radius 2 is 1.95 bits per heavy atom. The van der Waals surface area contributed by atoms with Crippen LogP contribution >= 0.6 is 0 Å². The van der Waals surface area contributed by atoms with Crippen molar-refractivity contribution in [2.24, 2.45) is 0 Å². The van der Waals surface area contributed by atoms with E-state index in [1.54, 1.807) is 30.3 Å². The number of ether oxygens (including phenoxy) is 3. The topological polar surface area (TPSA) is 85.2 Å². The Hall–Kier alpha value is -1.47. The van der Waals surface area contributed by atoms with Crippen LogP contribution in [-0.2, 0) is 14.2 Å². The lowest BCUT2D eigenvalue weighted by Crippen LogP contribution is -2.34. The van der Waals surface area contributed by atoms with Crippen LogP contribution < -0.4 is 0 Å². The standard InChI is InChI=1S/C13H14O6/c14-8-6-17-11-9(15)13(18-10(8)11)19-12(16)7-4-2-1-3-5-7/h1-5,8-11,13-15H,6H2/t8-,9-,10-,11+,13?/m1/s1. The average molecular weight is 266 g/mol. The quantitative estimate of drug-likeness (QED) is 0.714. The van der Waals surface area contributed by atoms with Crippen LogP contribution in [0.15, 0.2) is 30.3 Å². The molecule has 2 heterocycles. The Labute approximate surface area is 109 Å². The van der Waals surface area contributed by atoms with Gasteiger partial charge in [-0.25, -0.2) is 4.79 Å². The van der Waals surface area contributed by atoms with E-state index < -0.39 is 36.7 Å². The van der Waals surface area contributed by atoms with E-state index in [0.29, 0.717) is 5.56 Å². The molecule has 0 aromatic heterocycles. The van der Waals surface area contributed by atoms with Crippen molar-refractivity contribution in [2.45, 2.75) is 30.7 Å². The highest BCUT2D eigenvalue weighted by atomic mass is 16.7. The van der Waals surface area contributed by atoms with Crippen molar-refractivity contribution in [2.75, 3.05) is 6.61 Å². The normalized spacial score (nSPS) is 37.1. The molecule has 0 aliphatic carbocycles. The maximum atomic E-state index is 11.8. The molecule has 1 aromatic carbocycles. The molecule has 102 valence electrons. The second-order valence-electron chi connectivity index (χ2n) is 4.60. The first-order valence-corrected chi connectivity index (χ1v) is 6.06. The lowest BCUT2D eigenvalue weighted by Gasteiger charge is -2.17. The monoisotopic (exact) mass is 266 g/mol. The maximum absolute atomic E-state index is 11.8. The first-order valence-electron chi connectivity index (χ1n) is 6.06. The predicted octanol–water partition coefficient (Wildman–Crippen LogP) is -0.311. The summed E-state index contributed by atoms with van der Waals surface area (Å²) in [6.07, 6.45) is -4.31. The highest BCUT2D eigenvalue weighted by Crippen LogP contribution is 2.32. The Balaban J connectivity index is 1.67. The maximum Gasteiger partial charge on any atom is 0.340 e. The number of aliphatic hydroxyl groups excluding tert-OH is 2. The zero-order valence-electron chi connectivity index (χ0n) is 10.0. The van der Waals surface area contributed by atoms with Gasteiger partial charge in [0.15, 0.2) is 0 Å². The molecule has 2 aliphatic rings. The number of carbonyl (C=O) groups is 1. The van der Waals surface area contributed by atoms with Gasteiger partial charge in [-0.3, -0.25) is 0 Å². The molecule has 19 heavy (non-hydrogen) atoms. The van der Waals surface area contributed by atoms with Crippen LogP contribution in [0.25, 0.3) is 0 Å². The van der Waals surface area contributed by atoms with Gasteiger partial charge in [0.2, 0.25) is 6.29 Å². The molecule has 0 bridgehead atoms. The molecule has 0 radical (unpaired) electrons. The highest BCUT2D eigenvalue weighted by molar-refractivity contribution is 5.89. The number of carbonyl (C=O) groups excluding carboxylic acids is 1. The van der Waals surface area contributed by atoms with Crippen LogP contribution in [0.3, 0.4) is 0 Å². The molecule has 6 nitrogen and oxygen atoms in total. The molecule has 3 rings (SSSR count). The Morgan fingerprint density at radius 1 is 1.21 bits per heavy atom. The van der Waals surface area contributed by atoms with Gasteiger partial charge in [-0.15, -0.1) is 0 Å². The number of aliphatic hydroxyl groups is 2. The third-order valence-electron chi connectivity index (χ3n) is 3.30. The lowest BCUT2D eigenvalue weighted by molar-refractivity contribution is -0.153. The molecule has 6 heteroatoms. The number of rotatable bonds is 2. The summed E-state index contributed by atoms with van der Waals surface area (Å²) >= 11 is 0. The molecular weight excluding hydrogens is 252 g/mol. The minimum Gasteiger partial charge on any atom is -0.429 e. The molecule has 0 saturated carbocycles. The number of esters is 1. The Bertz CT molecular complexity index is 461. The fraction of sp³-hybridized carbons (Fsp3) is 0.462.